The van der Waals surface area contributed by atoms with Gasteiger partial charge in [0.2, 0.25) is 5.91 Å². The van der Waals surface area contributed by atoms with E-state index in [0.29, 0.717) is 0 Å². The summed E-state index contributed by atoms with van der Waals surface area (Å²) in [5.41, 5.74) is 1.22. The minimum absolute atomic E-state index is 0.0229. The maximum absolute atomic E-state index is 11.9. The first-order valence-electron chi connectivity index (χ1n) is 6.15. The predicted octanol–water partition coefficient (Wildman–Crippen LogP) is 3.75. The second kappa shape index (κ2) is 6.52. The van der Waals surface area contributed by atoms with E-state index in [1.165, 1.54) is 17.3 Å². The normalized spacial score (nSPS) is 12.3. The second-order valence-corrected chi connectivity index (χ2v) is 6.50. The molecule has 0 aromatic heterocycles. The fourth-order valence-corrected chi connectivity index (χ4v) is 2.18. The minimum Gasteiger partial charge on any atom is -0.346 e. The molecule has 0 saturated heterocycles. The number of nitrogens with one attached hydrogen (secondary N) is 1. The molecule has 1 N–H and O–H groups in total. The SMILES string of the molecule is CC(C)(C)c1ccc(SCC(=O)NCC(F)(F)F)cc1. The number of benzene rings is 1. The number of rotatable bonds is 4. The van der Waals surface area contributed by atoms with Gasteiger partial charge in [-0.1, -0.05) is 32.9 Å². The first kappa shape index (κ1) is 16.9. The van der Waals surface area contributed by atoms with Crippen LogP contribution in [0.25, 0.3) is 0 Å². The van der Waals surface area contributed by atoms with Gasteiger partial charge in [0.1, 0.15) is 6.54 Å². The fourth-order valence-electron chi connectivity index (χ4n) is 1.45. The summed E-state index contributed by atoms with van der Waals surface area (Å²) in [5.74, 6) is -0.641. The second-order valence-electron chi connectivity index (χ2n) is 5.45. The van der Waals surface area contributed by atoms with Crippen LogP contribution in [0, 0.1) is 0 Å². The summed E-state index contributed by atoms with van der Waals surface area (Å²) >= 11 is 1.22. The number of halogens is 3. The number of hydrogen-bond acceptors (Lipinski definition) is 2. The molecule has 0 heterocycles. The smallest absolute Gasteiger partial charge is 0.346 e. The zero-order chi connectivity index (χ0) is 15.4. The molecule has 112 valence electrons. The molecule has 20 heavy (non-hydrogen) atoms. The molecule has 0 aliphatic carbocycles. The van der Waals surface area contributed by atoms with Gasteiger partial charge in [0, 0.05) is 4.90 Å². The lowest BCUT2D eigenvalue weighted by atomic mass is 9.87. The highest BCUT2D eigenvalue weighted by molar-refractivity contribution is 8.00. The predicted molar refractivity (Wildman–Crippen MR) is 74.9 cm³/mol. The van der Waals surface area contributed by atoms with Gasteiger partial charge in [-0.05, 0) is 23.1 Å². The van der Waals surface area contributed by atoms with E-state index in [0.717, 1.165) is 4.90 Å². The van der Waals surface area contributed by atoms with Crippen molar-refractivity contribution in [3.05, 3.63) is 29.8 Å². The first-order valence-corrected chi connectivity index (χ1v) is 7.13. The maximum atomic E-state index is 11.9. The van der Waals surface area contributed by atoms with Gasteiger partial charge in [0.25, 0.3) is 0 Å². The number of carbonyl (C=O) groups excluding carboxylic acids is 1. The van der Waals surface area contributed by atoms with Crippen molar-refractivity contribution in [1.29, 1.82) is 0 Å². The third-order valence-corrected chi connectivity index (χ3v) is 3.59. The van der Waals surface area contributed by atoms with Gasteiger partial charge in [-0.25, -0.2) is 0 Å². The van der Waals surface area contributed by atoms with Crippen LogP contribution in [0.2, 0.25) is 0 Å². The molecule has 0 atom stereocenters. The van der Waals surface area contributed by atoms with E-state index < -0.39 is 18.6 Å². The maximum Gasteiger partial charge on any atom is 0.405 e. The van der Waals surface area contributed by atoms with Crippen LogP contribution >= 0.6 is 11.8 Å². The quantitative estimate of drug-likeness (QED) is 0.858. The highest BCUT2D eigenvalue weighted by Crippen LogP contribution is 2.25. The van der Waals surface area contributed by atoms with Gasteiger partial charge in [-0.3, -0.25) is 4.79 Å². The fraction of sp³-hybridized carbons (Fsp3) is 0.500. The van der Waals surface area contributed by atoms with Gasteiger partial charge in [-0.2, -0.15) is 13.2 Å². The molecule has 0 radical (unpaired) electrons. The van der Waals surface area contributed by atoms with Crippen molar-refractivity contribution in [3.63, 3.8) is 0 Å². The van der Waals surface area contributed by atoms with Gasteiger partial charge in [0.15, 0.2) is 0 Å². The molecular weight excluding hydrogens is 287 g/mol. The van der Waals surface area contributed by atoms with Crippen LogP contribution in [0.5, 0.6) is 0 Å². The van der Waals surface area contributed by atoms with Crippen molar-refractivity contribution in [3.8, 4) is 0 Å². The molecule has 0 aliphatic rings. The third kappa shape index (κ3) is 6.32. The van der Waals surface area contributed by atoms with Gasteiger partial charge >= 0.3 is 6.18 Å². The van der Waals surface area contributed by atoms with Crippen LogP contribution in [-0.2, 0) is 10.2 Å². The molecule has 1 aromatic carbocycles. The Bertz CT molecular complexity index is 449. The molecule has 1 aromatic rings. The molecule has 0 fully saturated rings. The van der Waals surface area contributed by atoms with Crippen molar-refractivity contribution in [2.45, 2.75) is 37.3 Å². The van der Waals surface area contributed by atoms with Crippen LogP contribution in [0.15, 0.2) is 29.2 Å². The van der Waals surface area contributed by atoms with Crippen molar-refractivity contribution >= 4 is 17.7 Å². The van der Waals surface area contributed by atoms with Crippen molar-refractivity contribution in [1.82, 2.24) is 5.32 Å². The highest BCUT2D eigenvalue weighted by Gasteiger charge is 2.27. The molecule has 2 nitrogen and oxygen atoms in total. The van der Waals surface area contributed by atoms with Crippen molar-refractivity contribution in [2.24, 2.45) is 0 Å². The van der Waals surface area contributed by atoms with Crippen LogP contribution in [0.1, 0.15) is 26.3 Å². The topological polar surface area (TPSA) is 29.1 Å². The molecule has 1 rings (SSSR count). The van der Waals surface area contributed by atoms with E-state index in [4.69, 9.17) is 0 Å². The first-order chi connectivity index (χ1) is 9.08. The Morgan fingerprint density at radius 1 is 1.15 bits per heavy atom. The number of carbonyl (C=O) groups is 1. The summed E-state index contributed by atoms with van der Waals surface area (Å²) in [6.45, 7) is 5.01. The lowest BCUT2D eigenvalue weighted by molar-refractivity contribution is -0.136. The molecular formula is C14H18F3NOS. The van der Waals surface area contributed by atoms with Crippen LogP contribution < -0.4 is 5.32 Å². The standard InChI is InChI=1S/C14H18F3NOS/c1-13(2,3)10-4-6-11(7-5-10)20-8-12(19)18-9-14(15,16)17/h4-7H,8-9H2,1-3H3,(H,18,19). The summed E-state index contributed by atoms with van der Waals surface area (Å²) in [5, 5.41) is 1.84. The summed E-state index contributed by atoms with van der Waals surface area (Å²) in [6, 6.07) is 7.69. The van der Waals surface area contributed by atoms with Gasteiger partial charge in [-0.15, -0.1) is 11.8 Å². The Kier molecular flexibility index (Phi) is 5.50. The summed E-state index contributed by atoms with van der Waals surface area (Å²) in [6.07, 6.45) is -4.37. The molecule has 0 unspecified atom stereocenters. The summed E-state index contributed by atoms with van der Waals surface area (Å²) < 4.78 is 35.7. The Morgan fingerprint density at radius 2 is 1.70 bits per heavy atom. The zero-order valence-corrected chi connectivity index (χ0v) is 12.5. The Hall–Kier alpha value is -1.17. The highest BCUT2D eigenvalue weighted by atomic mass is 32.2. The third-order valence-electron chi connectivity index (χ3n) is 2.58. The number of amides is 1. The largest absolute Gasteiger partial charge is 0.405 e. The molecule has 1 amide bonds. The van der Waals surface area contributed by atoms with Gasteiger partial charge in [0.05, 0.1) is 5.75 Å². The number of thioether (sulfide) groups is 1. The Balaban J connectivity index is 2.44. The average Bonchev–Trinajstić information content (AvgIpc) is 2.32. The van der Waals surface area contributed by atoms with E-state index in [-0.39, 0.29) is 11.2 Å². The van der Waals surface area contributed by atoms with Crippen LogP contribution in [0.3, 0.4) is 0 Å². The van der Waals surface area contributed by atoms with E-state index in [1.807, 2.05) is 29.6 Å². The molecule has 6 heteroatoms. The Labute approximate surface area is 121 Å². The lowest BCUT2D eigenvalue weighted by Gasteiger charge is -2.19. The van der Waals surface area contributed by atoms with E-state index >= 15 is 0 Å². The molecule has 0 aliphatic heterocycles. The zero-order valence-electron chi connectivity index (χ0n) is 11.7. The lowest BCUT2D eigenvalue weighted by Crippen LogP contribution is -2.34. The van der Waals surface area contributed by atoms with Crippen LogP contribution in [-0.4, -0.2) is 24.4 Å². The molecule has 0 saturated carbocycles. The monoisotopic (exact) mass is 305 g/mol. The number of hydrogen-bond donors (Lipinski definition) is 1. The average molecular weight is 305 g/mol. The van der Waals surface area contributed by atoms with Crippen molar-refractivity contribution < 1.29 is 18.0 Å². The van der Waals surface area contributed by atoms with Gasteiger partial charge < -0.3 is 5.32 Å². The Morgan fingerprint density at radius 3 is 2.15 bits per heavy atom. The summed E-state index contributed by atoms with van der Waals surface area (Å²) in [7, 11) is 0. The van der Waals surface area contributed by atoms with E-state index in [9.17, 15) is 18.0 Å². The molecule has 0 spiro atoms. The van der Waals surface area contributed by atoms with E-state index in [1.54, 1.807) is 0 Å². The minimum atomic E-state index is -4.37. The molecule has 0 bridgehead atoms. The van der Waals surface area contributed by atoms with Crippen LogP contribution in [0.4, 0.5) is 13.2 Å². The van der Waals surface area contributed by atoms with E-state index in [2.05, 4.69) is 20.8 Å². The summed E-state index contributed by atoms with van der Waals surface area (Å²) in [4.78, 5) is 12.1. The number of alkyl halides is 3. The van der Waals surface area contributed by atoms with Crippen molar-refractivity contribution in [2.75, 3.05) is 12.3 Å².